The molecule has 23 heavy (non-hydrogen) atoms. The van der Waals surface area contributed by atoms with Gasteiger partial charge < -0.3 is 9.64 Å². The Bertz CT molecular complexity index is 761. The third-order valence-electron chi connectivity index (χ3n) is 3.08. The molecule has 0 saturated heterocycles. The number of ether oxygens (including phenoxy) is 1. The van der Waals surface area contributed by atoms with Gasteiger partial charge in [-0.05, 0) is 24.6 Å². The van der Waals surface area contributed by atoms with Crippen molar-refractivity contribution in [3.63, 3.8) is 0 Å². The van der Waals surface area contributed by atoms with Crippen LogP contribution in [0.1, 0.15) is 18.1 Å². The average Bonchev–Trinajstić information content (AvgIpc) is 2.75. The first-order valence-corrected chi connectivity index (χ1v) is 6.91. The van der Waals surface area contributed by atoms with Crippen LogP contribution in [0.25, 0.3) is 5.57 Å². The minimum atomic E-state index is -0.568. The number of nitro benzene ring substituents is 1. The molecule has 1 aromatic rings. The summed E-state index contributed by atoms with van der Waals surface area (Å²) >= 11 is 0. The van der Waals surface area contributed by atoms with Gasteiger partial charge in [0.15, 0.2) is 11.6 Å². The van der Waals surface area contributed by atoms with Crippen LogP contribution in [0.5, 0.6) is 0 Å². The van der Waals surface area contributed by atoms with Crippen LogP contribution in [0, 0.1) is 17.0 Å². The fourth-order valence-corrected chi connectivity index (χ4v) is 2.16. The van der Waals surface area contributed by atoms with E-state index in [2.05, 4.69) is 4.99 Å². The number of aryl methyl sites for hydroxylation is 1. The zero-order valence-electron chi connectivity index (χ0n) is 13.4. The van der Waals surface area contributed by atoms with Crippen LogP contribution in [-0.2, 0) is 9.53 Å². The van der Waals surface area contributed by atoms with E-state index >= 15 is 0 Å². The van der Waals surface area contributed by atoms with Crippen molar-refractivity contribution < 1.29 is 14.5 Å². The molecule has 0 saturated carbocycles. The highest BCUT2D eigenvalue weighted by Gasteiger charge is 2.23. The Morgan fingerprint density at radius 1 is 1.35 bits per heavy atom. The van der Waals surface area contributed by atoms with E-state index in [4.69, 9.17) is 4.74 Å². The fraction of sp³-hybridized carbons (Fsp3) is 0.250. The van der Waals surface area contributed by atoms with Crippen LogP contribution in [-0.4, -0.2) is 35.8 Å². The molecule has 1 heterocycles. The molecule has 2 rings (SSSR count). The molecule has 0 aliphatic carbocycles. The number of carbonyl (C=O) groups excluding carboxylic acids is 1. The molecule has 0 radical (unpaired) electrons. The predicted octanol–water partition coefficient (Wildman–Crippen LogP) is 2.66. The highest BCUT2D eigenvalue weighted by Crippen LogP contribution is 2.30. The first kappa shape index (κ1) is 16.4. The van der Waals surface area contributed by atoms with E-state index in [0.717, 1.165) is 5.56 Å². The molecular weight excluding hydrogens is 298 g/mol. The topological polar surface area (TPSA) is 85.0 Å². The Balaban J connectivity index is 2.60. The van der Waals surface area contributed by atoms with E-state index in [1.807, 2.05) is 0 Å². The number of aliphatic imine (C=N–C) groups is 1. The quantitative estimate of drug-likeness (QED) is 0.369. The van der Waals surface area contributed by atoms with Crippen molar-refractivity contribution in [1.29, 1.82) is 0 Å². The number of benzene rings is 1. The van der Waals surface area contributed by atoms with E-state index in [-0.39, 0.29) is 17.3 Å². The van der Waals surface area contributed by atoms with Crippen LogP contribution in [0.2, 0.25) is 0 Å². The van der Waals surface area contributed by atoms with Crippen LogP contribution in [0.4, 0.5) is 5.69 Å². The second-order valence-electron chi connectivity index (χ2n) is 5.38. The summed E-state index contributed by atoms with van der Waals surface area (Å²) in [6, 6.07) is 4.95. The van der Waals surface area contributed by atoms with Crippen molar-refractivity contribution in [3.8, 4) is 0 Å². The molecule has 0 atom stereocenters. The number of cyclic esters (lactones) is 1. The number of esters is 1. The van der Waals surface area contributed by atoms with Crippen molar-refractivity contribution in [3.05, 3.63) is 57.4 Å². The Labute approximate surface area is 133 Å². The molecule has 7 nitrogen and oxygen atoms in total. The summed E-state index contributed by atoms with van der Waals surface area (Å²) in [6.45, 7) is 3.36. The van der Waals surface area contributed by atoms with Crippen LogP contribution in [0.3, 0.4) is 0 Å². The van der Waals surface area contributed by atoms with E-state index in [0.29, 0.717) is 11.1 Å². The zero-order valence-corrected chi connectivity index (χ0v) is 13.4. The highest BCUT2D eigenvalue weighted by molar-refractivity contribution is 6.05. The number of hydrogen-bond donors (Lipinski definition) is 0. The second kappa shape index (κ2) is 6.43. The van der Waals surface area contributed by atoms with E-state index in [1.54, 1.807) is 51.2 Å². The summed E-state index contributed by atoms with van der Waals surface area (Å²) in [7, 11) is 3.58. The van der Waals surface area contributed by atoms with Gasteiger partial charge in [0.05, 0.1) is 10.5 Å². The lowest BCUT2D eigenvalue weighted by Crippen LogP contribution is -2.05. The average molecular weight is 315 g/mol. The van der Waals surface area contributed by atoms with E-state index < -0.39 is 10.9 Å². The molecule has 0 spiro atoms. The number of rotatable bonds is 4. The highest BCUT2D eigenvalue weighted by atomic mass is 16.6. The summed E-state index contributed by atoms with van der Waals surface area (Å²) in [5.41, 5.74) is 1.79. The predicted molar refractivity (Wildman–Crippen MR) is 86.8 cm³/mol. The summed E-state index contributed by atoms with van der Waals surface area (Å²) in [5.74, 6) is -0.314. The smallest absolute Gasteiger partial charge is 0.363 e. The van der Waals surface area contributed by atoms with Crippen molar-refractivity contribution >= 4 is 23.1 Å². The largest absolute Gasteiger partial charge is 0.407 e. The van der Waals surface area contributed by atoms with Crippen LogP contribution < -0.4 is 0 Å². The molecule has 1 aliphatic rings. The monoisotopic (exact) mass is 315 g/mol. The molecule has 120 valence electrons. The lowest BCUT2D eigenvalue weighted by Gasteiger charge is -2.10. The van der Waals surface area contributed by atoms with Gasteiger partial charge in [-0.3, -0.25) is 10.1 Å². The Kier molecular flexibility index (Phi) is 4.59. The zero-order chi connectivity index (χ0) is 17.1. The lowest BCUT2D eigenvalue weighted by molar-refractivity contribution is -0.385. The number of carbonyl (C=O) groups is 1. The van der Waals surface area contributed by atoms with E-state index in [9.17, 15) is 14.9 Å². The van der Waals surface area contributed by atoms with Crippen LogP contribution >= 0.6 is 0 Å². The van der Waals surface area contributed by atoms with Gasteiger partial charge in [-0.2, -0.15) is 0 Å². The number of hydrogen-bond acceptors (Lipinski definition) is 6. The molecule has 1 aliphatic heterocycles. The molecule has 1 aromatic carbocycles. The van der Waals surface area contributed by atoms with Gasteiger partial charge in [0.1, 0.15) is 0 Å². The van der Waals surface area contributed by atoms with Gasteiger partial charge in [-0.15, -0.1) is 0 Å². The Morgan fingerprint density at radius 3 is 2.57 bits per heavy atom. The lowest BCUT2D eigenvalue weighted by atomic mass is 10.0. The maximum absolute atomic E-state index is 11.7. The van der Waals surface area contributed by atoms with Gasteiger partial charge in [0.25, 0.3) is 5.69 Å². The van der Waals surface area contributed by atoms with Gasteiger partial charge >= 0.3 is 5.97 Å². The molecule has 0 aromatic heterocycles. The minimum Gasteiger partial charge on any atom is -0.407 e. The molecular formula is C16H17N3O4. The van der Waals surface area contributed by atoms with Crippen molar-refractivity contribution in [2.75, 3.05) is 14.1 Å². The van der Waals surface area contributed by atoms with Crippen LogP contribution in [0.15, 0.2) is 41.2 Å². The first-order chi connectivity index (χ1) is 10.8. The van der Waals surface area contributed by atoms with Crippen molar-refractivity contribution in [2.24, 2.45) is 4.99 Å². The fourth-order valence-electron chi connectivity index (χ4n) is 2.16. The summed E-state index contributed by atoms with van der Waals surface area (Å²) in [6.07, 6.45) is 3.19. The number of allylic oxidation sites excluding steroid dienone is 2. The standard InChI is InChI=1S/C16H17N3O4/c1-10-5-6-13(15(7-10)19(21)22)12(9-18(3)4)8-14-16(20)23-11(2)17-14/h5-9H,1-4H3/b12-9+,14-8-. The molecule has 0 fully saturated rings. The third kappa shape index (κ3) is 3.82. The minimum absolute atomic E-state index is 0.0259. The first-order valence-electron chi connectivity index (χ1n) is 6.91. The van der Waals surface area contributed by atoms with E-state index in [1.165, 1.54) is 12.1 Å². The molecule has 0 unspecified atom stereocenters. The third-order valence-corrected chi connectivity index (χ3v) is 3.08. The number of nitrogens with zero attached hydrogens (tertiary/aromatic N) is 3. The summed E-state index contributed by atoms with van der Waals surface area (Å²) in [5, 5.41) is 11.3. The normalized spacial score (nSPS) is 16.3. The number of nitro groups is 1. The SMILES string of the molecule is CC1=N/C(=C\C(=C/N(C)C)c2ccc(C)cc2[N+](=O)[O-])C(=O)O1. The maximum atomic E-state index is 11.7. The van der Waals surface area contributed by atoms with Gasteiger partial charge in [-0.25, -0.2) is 9.79 Å². The van der Waals surface area contributed by atoms with Gasteiger partial charge in [0.2, 0.25) is 0 Å². The molecule has 0 amide bonds. The second-order valence-corrected chi connectivity index (χ2v) is 5.38. The summed E-state index contributed by atoms with van der Waals surface area (Å²) < 4.78 is 4.88. The summed E-state index contributed by atoms with van der Waals surface area (Å²) in [4.78, 5) is 28.4. The molecule has 0 bridgehead atoms. The molecule has 0 N–H and O–H groups in total. The van der Waals surface area contributed by atoms with Gasteiger partial charge in [-0.1, -0.05) is 6.07 Å². The maximum Gasteiger partial charge on any atom is 0.363 e. The molecule has 7 heteroatoms. The Morgan fingerprint density at radius 2 is 2.04 bits per heavy atom. The van der Waals surface area contributed by atoms with Gasteiger partial charge in [0, 0.05) is 38.9 Å². The van der Waals surface area contributed by atoms with Crippen molar-refractivity contribution in [2.45, 2.75) is 13.8 Å². The van der Waals surface area contributed by atoms with Crippen molar-refractivity contribution in [1.82, 2.24) is 4.90 Å². The Hall–Kier alpha value is -2.96.